The van der Waals surface area contributed by atoms with Crippen LogP contribution in [-0.4, -0.2) is 49.0 Å². The van der Waals surface area contributed by atoms with Crippen LogP contribution in [0.5, 0.6) is 0 Å². The molecule has 7 nitrogen and oxygen atoms in total. The van der Waals surface area contributed by atoms with Gasteiger partial charge in [0.25, 0.3) is 5.56 Å². The molecule has 4 heterocycles. The lowest BCUT2D eigenvalue weighted by Crippen LogP contribution is -2.31. The molecule has 0 spiro atoms. The Morgan fingerprint density at radius 3 is 2.43 bits per heavy atom. The van der Waals surface area contributed by atoms with E-state index in [2.05, 4.69) is 55.8 Å². The van der Waals surface area contributed by atoms with Gasteiger partial charge < -0.3 is 14.5 Å². The molecule has 0 atom stereocenters. The van der Waals surface area contributed by atoms with E-state index in [0.717, 1.165) is 64.1 Å². The second-order valence-electron chi connectivity index (χ2n) is 11.2. The number of pyridine rings is 1. The smallest absolute Gasteiger partial charge is 0.270 e. The molecule has 7 rings (SSSR count). The predicted molar refractivity (Wildman–Crippen MR) is 168 cm³/mol. The van der Waals surface area contributed by atoms with Crippen LogP contribution in [0.4, 0.5) is 0 Å². The van der Waals surface area contributed by atoms with Crippen LogP contribution < -0.4 is 5.56 Å². The third-order valence-electron chi connectivity index (χ3n) is 8.27. The fraction of sp³-hybridized carbons (Fsp3) is 0.257. The highest BCUT2D eigenvalue weighted by Gasteiger charge is 2.17. The molecule has 0 aliphatic carbocycles. The number of piperidine rings is 1. The monoisotopic (exact) mass is 554 g/mol. The lowest BCUT2D eigenvalue weighted by Gasteiger charge is -2.26. The predicted octanol–water partition coefficient (Wildman–Crippen LogP) is 6.47. The Morgan fingerprint density at radius 2 is 1.60 bits per heavy atom. The molecule has 0 amide bonds. The standard InChI is InChI=1S/C35H34N6O/c42-35-32(20-25-10-3-1-4-11-25)37-30-23-33-31(22-29(30)39-35)38-34(41(33)19-9-18-40-16-5-2-6-17-40)27-13-7-12-26(21-27)28-14-8-15-36-24-28/h1,3-4,7-8,10-15,21-24H,2,5-6,9,16-20H2,(H,39,42). The van der Waals surface area contributed by atoms with Crippen molar-refractivity contribution in [3.05, 3.63) is 113 Å². The van der Waals surface area contributed by atoms with Crippen LogP contribution in [0.2, 0.25) is 0 Å². The van der Waals surface area contributed by atoms with Crippen molar-refractivity contribution in [2.24, 2.45) is 0 Å². The summed E-state index contributed by atoms with van der Waals surface area (Å²) < 4.78 is 2.34. The second-order valence-corrected chi connectivity index (χ2v) is 11.2. The van der Waals surface area contributed by atoms with Gasteiger partial charge in [0.05, 0.1) is 22.1 Å². The van der Waals surface area contributed by atoms with Gasteiger partial charge in [-0.1, -0.05) is 61.0 Å². The number of aryl methyl sites for hydroxylation is 1. The van der Waals surface area contributed by atoms with Crippen LogP contribution in [0.3, 0.4) is 0 Å². The molecule has 1 aliphatic heterocycles. The van der Waals surface area contributed by atoms with E-state index in [9.17, 15) is 4.79 Å². The minimum absolute atomic E-state index is 0.156. The van der Waals surface area contributed by atoms with E-state index in [4.69, 9.17) is 9.97 Å². The first-order valence-corrected chi connectivity index (χ1v) is 14.9. The average Bonchev–Trinajstić information content (AvgIpc) is 3.39. The molecule has 210 valence electrons. The van der Waals surface area contributed by atoms with Crippen LogP contribution in [0.15, 0.2) is 96.1 Å². The molecule has 1 saturated heterocycles. The molecule has 0 bridgehead atoms. The van der Waals surface area contributed by atoms with Gasteiger partial charge in [0.2, 0.25) is 0 Å². The Morgan fingerprint density at radius 1 is 0.762 bits per heavy atom. The normalized spacial score (nSPS) is 14.1. The molecule has 1 N–H and O–H groups in total. The molecular weight excluding hydrogens is 520 g/mol. The molecular formula is C35H34N6O. The Bertz CT molecular complexity index is 1890. The van der Waals surface area contributed by atoms with Gasteiger partial charge in [-0.15, -0.1) is 0 Å². The number of nitrogens with one attached hydrogen (secondary N) is 1. The molecule has 0 unspecified atom stereocenters. The van der Waals surface area contributed by atoms with Gasteiger partial charge in [-0.25, -0.2) is 9.97 Å². The summed E-state index contributed by atoms with van der Waals surface area (Å²) in [5.41, 5.74) is 8.04. The van der Waals surface area contributed by atoms with Gasteiger partial charge in [0.1, 0.15) is 11.5 Å². The lowest BCUT2D eigenvalue weighted by molar-refractivity contribution is 0.223. The Balaban J connectivity index is 1.30. The number of benzene rings is 3. The highest BCUT2D eigenvalue weighted by Crippen LogP contribution is 2.30. The van der Waals surface area contributed by atoms with E-state index >= 15 is 0 Å². The first kappa shape index (κ1) is 26.3. The maximum Gasteiger partial charge on any atom is 0.270 e. The van der Waals surface area contributed by atoms with Crippen molar-refractivity contribution in [3.8, 4) is 22.5 Å². The van der Waals surface area contributed by atoms with Crippen molar-refractivity contribution in [3.63, 3.8) is 0 Å². The summed E-state index contributed by atoms with van der Waals surface area (Å²) in [7, 11) is 0. The minimum atomic E-state index is -0.156. The number of hydrogen-bond acceptors (Lipinski definition) is 5. The maximum atomic E-state index is 13.0. The first-order chi connectivity index (χ1) is 20.7. The molecule has 3 aromatic heterocycles. The van der Waals surface area contributed by atoms with E-state index < -0.39 is 0 Å². The average molecular weight is 555 g/mol. The quantitative estimate of drug-likeness (QED) is 0.233. The Kier molecular flexibility index (Phi) is 7.33. The number of nitrogens with zero attached hydrogens (tertiary/aromatic N) is 5. The highest BCUT2D eigenvalue weighted by atomic mass is 16.1. The fourth-order valence-corrected chi connectivity index (χ4v) is 6.11. The van der Waals surface area contributed by atoms with Gasteiger partial charge in [0.15, 0.2) is 0 Å². The molecule has 6 aromatic rings. The zero-order chi connectivity index (χ0) is 28.3. The van der Waals surface area contributed by atoms with Crippen molar-refractivity contribution in [1.29, 1.82) is 0 Å². The third kappa shape index (κ3) is 5.48. The Hall–Kier alpha value is -4.62. The molecule has 3 aromatic carbocycles. The summed E-state index contributed by atoms with van der Waals surface area (Å²) >= 11 is 0. The van der Waals surface area contributed by atoms with E-state index in [1.54, 1.807) is 6.20 Å². The second kappa shape index (κ2) is 11.7. The molecule has 1 aliphatic rings. The number of H-pyrrole nitrogens is 1. The number of likely N-dealkylation sites (tertiary alicyclic amines) is 1. The SMILES string of the molecule is O=c1[nH]c2cc3nc(-c4cccc(-c5cccnc5)c4)n(CCCN4CCCCC4)c3cc2nc1Cc1ccccc1. The number of rotatable bonds is 8. The number of fused-ring (bicyclic) bond motifs is 2. The topological polar surface area (TPSA) is 79.7 Å². The van der Waals surface area contributed by atoms with Gasteiger partial charge in [-0.2, -0.15) is 0 Å². The number of aromatic amines is 1. The van der Waals surface area contributed by atoms with Gasteiger partial charge in [-0.3, -0.25) is 9.78 Å². The summed E-state index contributed by atoms with van der Waals surface area (Å²) in [6.07, 6.45) is 9.15. The van der Waals surface area contributed by atoms with Crippen molar-refractivity contribution >= 4 is 22.1 Å². The highest BCUT2D eigenvalue weighted by molar-refractivity contribution is 5.93. The number of imidazole rings is 1. The lowest BCUT2D eigenvalue weighted by atomic mass is 10.0. The maximum absolute atomic E-state index is 13.0. The van der Waals surface area contributed by atoms with Gasteiger partial charge in [-0.05, 0) is 74.3 Å². The van der Waals surface area contributed by atoms with Crippen LogP contribution in [0.25, 0.3) is 44.6 Å². The van der Waals surface area contributed by atoms with Crippen LogP contribution >= 0.6 is 0 Å². The minimum Gasteiger partial charge on any atom is -0.324 e. The zero-order valence-corrected chi connectivity index (χ0v) is 23.7. The van der Waals surface area contributed by atoms with Gasteiger partial charge >= 0.3 is 0 Å². The summed E-state index contributed by atoms with van der Waals surface area (Å²) in [5.74, 6) is 0.927. The summed E-state index contributed by atoms with van der Waals surface area (Å²) in [6, 6.07) is 26.6. The van der Waals surface area contributed by atoms with Crippen LogP contribution in [0.1, 0.15) is 36.9 Å². The molecule has 1 fully saturated rings. The van der Waals surface area contributed by atoms with Crippen molar-refractivity contribution in [1.82, 2.24) is 29.4 Å². The van der Waals surface area contributed by atoms with Gasteiger partial charge in [0, 0.05) is 36.5 Å². The van der Waals surface area contributed by atoms with Crippen molar-refractivity contribution in [2.75, 3.05) is 19.6 Å². The van der Waals surface area contributed by atoms with E-state index in [0.29, 0.717) is 17.6 Å². The first-order valence-electron chi connectivity index (χ1n) is 14.9. The summed E-state index contributed by atoms with van der Waals surface area (Å²) in [4.78, 5) is 32.9. The third-order valence-corrected chi connectivity index (χ3v) is 8.27. The van der Waals surface area contributed by atoms with E-state index in [1.807, 2.05) is 48.7 Å². The number of aromatic nitrogens is 5. The Labute approximate surface area is 244 Å². The fourth-order valence-electron chi connectivity index (χ4n) is 6.11. The largest absolute Gasteiger partial charge is 0.324 e. The molecule has 7 heteroatoms. The molecule has 0 saturated carbocycles. The zero-order valence-electron chi connectivity index (χ0n) is 23.7. The van der Waals surface area contributed by atoms with Crippen molar-refractivity contribution in [2.45, 2.75) is 38.6 Å². The summed E-state index contributed by atoms with van der Waals surface area (Å²) in [5, 5.41) is 0. The van der Waals surface area contributed by atoms with Crippen molar-refractivity contribution < 1.29 is 0 Å². The van der Waals surface area contributed by atoms with Crippen LogP contribution in [-0.2, 0) is 13.0 Å². The summed E-state index contributed by atoms with van der Waals surface area (Å²) in [6.45, 7) is 4.31. The van der Waals surface area contributed by atoms with E-state index in [1.165, 1.54) is 32.4 Å². The van der Waals surface area contributed by atoms with E-state index in [-0.39, 0.29) is 5.56 Å². The molecule has 42 heavy (non-hydrogen) atoms. The number of hydrogen-bond donors (Lipinski definition) is 1. The van der Waals surface area contributed by atoms with Crippen LogP contribution in [0, 0.1) is 0 Å². The molecule has 0 radical (unpaired) electrons.